The van der Waals surface area contributed by atoms with Crippen molar-refractivity contribution in [2.24, 2.45) is 0 Å². The minimum atomic E-state index is 0. The third kappa shape index (κ3) is 46.1. The molecule has 0 spiro atoms. The molecule has 5 heteroatoms. The van der Waals surface area contributed by atoms with E-state index in [0.29, 0.717) is 0 Å². The van der Waals surface area contributed by atoms with Gasteiger partial charge in [0.05, 0.1) is 0 Å². The number of halogens is 2. The monoisotopic (exact) mass is 412 g/mol. The molecule has 0 heterocycles. The molecule has 0 atom stereocenters. The van der Waals surface area contributed by atoms with E-state index in [-0.39, 0.29) is 45.2 Å². The van der Waals surface area contributed by atoms with Crippen molar-refractivity contribution in [2.45, 2.75) is 53.4 Å². The molecule has 0 aromatic heterocycles. The maximum absolute atomic E-state index is 2.22. The third-order valence-electron chi connectivity index (χ3n) is 1.39. The van der Waals surface area contributed by atoms with Crippen LogP contribution in [-0.2, 0) is 20.4 Å². The van der Waals surface area contributed by atoms with Crippen LogP contribution in [0, 0.1) is 0 Å². The fourth-order valence-electron chi connectivity index (χ4n) is 0.781. The molecule has 0 N–H and O–H groups in total. The first-order chi connectivity index (χ1) is 6.83. The van der Waals surface area contributed by atoms with E-state index < -0.39 is 0 Å². The molecule has 0 fully saturated rings. The second-order valence-corrected chi connectivity index (χ2v) is 5.67. The number of hydrogen-bond donors (Lipinski definition) is 0. The maximum Gasteiger partial charge on any atom is 0 e. The molecule has 0 saturated heterocycles. The van der Waals surface area contributed by atoms with E-state index in [9.17, 15) is 0 Å². The molecule has 0 aliphatic rings. The summed E-state index contributed by atoms with van der Waals surface area (Å²) >= 11 is 4.11. The van der Waals surface area contributed by atoms with Crippen LogP contribution in [-0.4, -0.2) is 23.0 Å². The van der Waals surface area contributed by atoms with E-state index in [2.05, 4.69) is 51.2 Å². The molecule has 0 amide bonds. The summed E-state index contributed by atoms with van der Waals surface area (Å²) in [6, 6.07) is 0. The van der Waals surface area contributed by atoms with Gasteiger partial charge >= 0.3 is 0 Å². The zero-order valence-electron chi connectivity index (χ0n) is 11.5. The molecule has 0 aliphatic carbocycles. The van der Waals surface area contributed by atoms with E-state index in [1.54, 1.807) is 0 Å². The largest absolute Gasteiger partial charge is 1.00 e. The molecule has 0 nitrogen and oxygen atoms in total. The Bertz CT molecular complexity index is 70.9. The molecule has 0 aromatic carbocycles. The molecular formula is C12H28Cl2PdS2-2. The van der Waals surface area contributed by atoms with Crippen LogP contribution >= 0.6 is 23.5 Å². The molecule has 0 aliphatic heterocycles. The molecule has 0 saturated carbocycles. The molecular weight excluding hydrogens is 386 g/mol. The minimum Gasteiger partial charge on any atom is -1.00 e. The summed E-state index contributed by atoms with van der Waals surface area (Å²) in [5.74, 6) is 5.36. The summed E-state index contributed by atoms with van der Waals surface area (Å²) in [6.07, 6.45) is 5.30. The Hall–Kier alpha value is 1.94. The topological polar surface area (TPSA) is 0 Å². The van der Waals surface area contributed by atoms with Crippen LogP contribution in [0.1, 0.15) is 53.4 Å². The van der Waals surface area contributed by atoms with Crippen LogP contribution in [0.4, 0.5) is 0 Å². The van der Waals surface area contributed by atoms with E-state index >= 15 is 0 Å². The Morgan fingerprint density at radius 3 is 0.824 bits per heavy atom. The van der Waals surface area contributed by atoms with Gasteiger partial charge in [0.25, 0.3) is 0 Å². The van der Waals surface area contributed by atoms with E-state index in [1.165, 1.54) is 48.7 Å². The van der Waals surface area contributed by atoms with E-state index in [1.807, 2.05) is 0 Å². The Labute approximate surface area is 144 Å². The van der Waals surface area contributed by atoms with Crippen LogP contribution in [0.3, 0.4) is 0 Å². The standard InChI is InChI=1S/2C6H14S.2ClH.Pd/c2*1-3-5-7-6-4-2;;;/h2*3-6H2,1-2H3;2*1H;/p-2. The van der Waals surface area contributed by atoms with Gasteiger partial charge in [0, 0.05) is 20.4 Å². The normalized spacial score (nSPS) is 7.76. The molecule has 114 valence electrons. The van der Waals surface area contributed by atoms with Gasteiger partial charge in [0.15, 0.2) is 0 Å². The zero-order chi connectivity index (χ0) is 11.1. The van der Waals surface area contributed by atoms with Crippen molar-refractivity contribution in [3.8, 4) is 0 Å². The van der Waals surface area contributed by atoms with Crippen LogP contribution in [0.2, 0.25) is 0 Å². The Kier molecular flexibility index (Phi) is 66.6. The van der Waals surface area contributed by atoms with Crippen molar-refractivity contribution in [2.75, 3.05) is 23.0 Å². The molecule has 0 aromatic rings. The maximum atomic E-state index is 2.22. The van der Waals surface area contributed by atoms with Crippen LogP contribution < -0.4 is 24.8 Å². The van der Waals surface area contributed by atoms with Gasteiger partial charge in [-0.05, 0) is 48.7 Å². The molecule has 0 rings (SSSR count). The smallest absolute Gasteiger partial charge is 0 e. The summed E-state index contributed by atoms with van der Waals surface area (Å²) in [5.41, 5.74) is 0. The van der Waals surface area contributed by atoms with Crippen molar-refractivity contribution < 1.29 is 45.2 Å². The number of thioether (sulfide) groups is 2. The van der Waals surface area contributed by atoms with Gasteiger partial charge in [-0.25, -0.2) is 0 Å². The SMILES string of the molecule is CCCSCCC.CCCSCCC.[Cl-].[Cl-].[Pd]. The van der Waals surface area contributed by atoms with Crippen molar-refractivity contribution in [1.29, 1.82) is 0 Å². The summed E-state index contributed by atoms with van der Waals surface area (Å²) in [5, 5.41) is 0. The van der Waals surface area contributed by atoms with Gasteiger partial charge in [-0.2, -0.15) is 23.5 Å². The van der Waals surface area contributed by atoms with Crippen molar-refractivity contribution in [1.82, 2.24) is 0 Å². The van der Waals surface area contributed by atoms with Gasteiger partial charge in [0.1, 0.15) is 0 Å². The van der Waals surface area contributed by atoms with Gasteiger partial charge in [-0.1, -0.05) is 27.7 Å². The quantitative estimate of drug-likeness (QED) is 0.373. The number of hydrogen-bond acceptors (Lipinski definition) is 2. The summed E-state index contributed by atoms with van der Waals surface area (Å²) < 4.78 is 0. The van der Waals surface area contributed by atoms with Crippen LogP contribution in [0.25, 0.3) is 0 Å². The van der Waals surface area contributed by atoms with Crippen LogP contribution in [0.15, 0.2) is 0 Å². The van der Waals surface area contributed by atoms with Gasteiger partial charge in [-0.3, -0.25) is 0 Å². The second kappa shape index (κ2) is 36.1. The van der Waals surface area contributed by atoms with Crippen LogP contribution in [0.5, 0.6) is 0 Å². The average Bonchev–Trinajstić information content (AvgIpc) is 2.21. The summed E-state index contributed by atoms with van der Waals surface area (Å²) in [4.78, 5) is 0. The summed E-state index contributed by atoms with van der Waals surface area (Å²) in [7, 11) is 0. The predicted octanol–water partition coefficient (Wildman–Crippen LogP) is -0.915. The van der Waals surface area contributed by atoms with Crippen molar-refractivity contribution in [3.63, 3.8) is 0 Å². The van der Waals surface area contributed by atoms with Gasteiger partial charge in [-0.15, -0.1) is 0 Å². The first kappa shape index (κ1) is 31.4. The minimum absolute atomic E-state index is 0. The first-order valence-corrected chi connectivity index (χ1v) is 8.29. The number of rotatable bonds is 8. The van der Waals surface area contributed by atoms with E-state index in [0.717, 1.165) is 0 Å². The Morgan fingerprint density at radius 1 is 0.529 bits per heavy atom. The average molecular weight is 414 g/mol. The Balaban J connectivity index is -0.0000000480. The van der Waals surface area contributed by atoms with Crippen molar-refractivity contribution >= 4 is 23.5 Å². The first-order valence-electron chi connectivity index (χ1n) is 5.98. The van der Waals surface area contributed by atoms with Crippen molar-refractivity contribution in [3.05, 3.63) is 0 Å². The fourth-order valence-corrected chi connectivity index (χ4v) is 2.34. The van der Waals surface area contributed by atoms with E-state index in [4.69, 9.17) is 0 Å². The fraction of sp³-hybridized carbons (Fsp3) is 1.00. The predicted molar refractivity (Wildman–Crippen MR) is 75.8 cm³/mol. The van der Waals surface area contributed by atoms with Gasteiger partial charge in [0.2, 0.25) is 0 Å². The zero-order valence-corrected chi connectivity index (χ0v) is 16.2. The second-order valence-electron chi connectivity index (χ2n) is 3.22. The Morgan fingerprint density at radius 2 is 0.706 bits per heavy atom. The third-order valence-corrected chi connectivity index (χ3v) is 4.18. The molecule has 0 radical (unpaired) electrons. The molecule has 0 bridgehead atoms. The summed E-state index contributed by atoms with van der Waals surface area (Å²) in [6.45, 7) is 8.90. The molecule has 17 heavy (non-hydrogen) atoms. The molecule has 0 unspecified atom stereocenters. The van der Waals surface area contributed by atoms with Gasteiger partial charge < -0.3 is 24.8 Å².